The van der Waals surface area contributed by atoms with E-state index in [1.165, 1.54) is 64.2 Å². The van der Waals surface area contributed by atoms with Crippen LogP contribution in [0.1, 0.15) is 118 Å². The van der Waals surface area contributed by atoms with Gasteiger partial charge in [0.2, 0.25) is 0 Å². The van der Waals surface area contributed by atoms with Gasteiger partial charge in [0, 0.05) is 0 Å². The standard InChI is InChI=1S/C23H44O4/c1-5-8-10-12-14-16-18-21(19-17-15-13-11-9-6-2)23(25)27-20(4)22(24)26-7-3/h20-21H,5-19H2,1-4H3. The van der Waals surface area contributed by atoms with Crippen LogP contribution in [0.5, 0.6) is 0 Å². The molecule has 0 rings (SSSR count). The van der Waals surface area contributed by atoms with Crippen molar-refractivity contribution in [3.05, 3.63) is 0 Å². The van der Waals surface area contributed by atoms with Crippen LogP contribution in [-0.2, 0) is 19.1 Å². The van der Waals surface area contributed by atoms with Crippen molar-refractivity contribution < 1.29 is 19.1 Å². The molecule has 0 spiro atoms. The van der Waals surface area contributed by atoms with E-state index in [9.17, 15) is 9.59 Å². The third-order valence-corrected chi connectivity index (χ3v) is 5.06. The monoisotopic (exact) mass is 384 g/mol. The summed E-state index contributed by atoms with van der Waals surface area (Å²) in [6, 6.07) is 0. The van der Waals surface area contributed by atoms with Crippen molar-refractivity contribution in [1.82, 2.24) is 0 Å². The Bertz CT molecular complexity index is 351. The number of hydrogen-bond acceptors (Lipinski definition) is 4. The van der Waals surface area contributed by atoms with Gasteiger partial charge in [-0.1, -0.05) is 90.9 Å². The van der Waals surface area contributed by atoms with Crippen molar-refractivity contribution in [2.75, 3.05) is 6.61 Å². The number of rotatable bonds is 18. The zero-order chi connectivity index (χ0) is 20.3. The summed E-state index contributed by atoms with van der Waals surface area (Å²) in [7, 11) is 0. The molecule has 0 aliphatic heterocycles. The molecule has 0 aliphatic rings. The third-order valence-electron chi connectivity index (χ3n) is 5.06. The van der Waals surface area contributed by atoms with Crippen LogP contribution >= 0.6 is 0 Å². The number of carbonyl (C=O) groups excluding carboxylic acids is 2. The van der Waals surface area contributed by atoms with Gasteiger partial charge < -0.3 is 9.47 Å². The first-order valence-electron chi connectivity index (χ1n) is 11.4. The predicted octanol–water partition coefficient (Wildman–Crippen LogP) is 6.60. The van der Waals surface area contributed by atoms with Gasteiger partial charge in [0.05, 0.1) is 12.5 Å². The molecule has 0 aromatic heterocycles. The fourth-order valence-electron chi connectivity index (χ4n) is 3.30. The van der Waals surface area contributed by atoms with Gasteiger partial charge >= 0.3 is 11.9 Å². The molecule has 27 heavy (non-hydrogen) atoms. The minimum absolute atomic E-state index is 0.0840. The van der Waals surface area contributed by atoms with Gasteiger partial charge in [-0.05, 0) is 26.7 Å². The lowest BCUT2D eigenvalue weighted by Crippen LogP contribution is -2.29. The Labute approximate surface area is 167 Å². The Morgan fingerprint density at radius 3 is 1.56 bits per heavy atom. The highest BCUT2D eigenvalue weighted by Gasteiger charge is 2.25. The predicted molar refractivity (Wildman–Crippen MR) is 112 cm³/mol. The van der Waals surface area contributed by atoms with Gasteiger partial charge in [0.15, 0.2) is 6.10 Å². The van der Waals surface area contributed by atoms with E-state index in [-0.39, 0.29) is 11.9 Å². The molecule has 160 valence electrons. The number of esters is 2. The van der Waals surface area contributed by atoms with E-state index in [2.05, 4.69) is 13.8 Å². The van der Waals surface area contributed by atoms with Gasteiger partial charge in [0.25, 0.3) is 0 Å². The second-order valence-electron chi connectivity index (χ2n) is 7.64. The summed E-state index contributed by atoms with van der Waals surface area (Å²) in [5.41, 5.74) is 0. The zero-order valence-electron chi connectivity index (χ0n) is 18.4. The van der Waals surface area contributed by atoms with Crippen molar-refractivity contribution in [2.45, 2.75) is 124 Å². The molecule has 1 unspecified atom stereocenters. The lowest BCUT2D eigenvalue weighted by Gasteiger charge is -2.19. The highest BCUT2D eigenvalue weighted by atomic mass is 16.6. The molecule has 0 heterocycles. The van der Waals surface area contributed by atoms with E-state index < -0.39 is 12.1 Å². The Morgan fingerprint density at radius 2 is 1.11 bits per heavy atom. The molecule has 0 amide bonds. The molecule has 0 aliphatic carbocycles. The second kappa shape index (κ2) is 18.3. The highest BCUT2D eigenvalue weighted by Crippen LogP contribution is 2.21. The Balaban J connectivity index is 4.34. The summed E-state index contributed by atoms with van der Waals surface area (Å²) in [5, 5.41) is 0. The maximum Gasteiger partial charge on any atom is 0.347 e. The normalized spacial score (nSPS) is 12.2. The topological polar surface area (TPSA) is 52.6 Å². The maximum atomic E-state index is 12.6. The van der Waals surface area contributed by atoms with Crippen LogP contribution in [0.4, 0.5) is 0 Å². The zero-order valence-corrected chi connectivity index (χ0v) is 18.4. The van der Waals surface area contributed by atoms with Crippen LogP contribution in [0, 0.1) is 5.92 Å². The average Bonchev–Trinajstić information content (AvgIpc) is 2.65. The molecule has 4 nitrogen and oxygen atoms in total. The van der Waals surface area contributed by atoms with E-state index in [4.69, 9.17) is 9.47 Å². The van der Waals surface area contributed by atoms with Crippen molar-refractivity contribution in [1.29, 1.82) is 0 Å². The minimum atomic E-state index is -0.811. The van der Waals surface area contributed by atoms with Crippen molar-refractivity contribution in [2.24, 2.45) is 5.92 Å². The summed E-state index contributed by atoms with van der Waals surface area (Å²) in [4.78, 5) is 24.3. The summed E-state index contributed by atoms with van der Waals surface area (Å²) in [5.74, 6) is -0.763. The highest BCUT2D eigenvalue weighted by molar-refractivity contribution is 5.80. The number of unbranched alkanes of at least 4 members (excludes halogenated alkanes) is 10. The van der Waals surface area contributed by atoms with Gasteiger partial charge in [-0.3, -0.25) is 4.79 Å². The van der Waals surface area contributed by atoms with Crippen LogP contribution in [0.15, 0.2) is 0 Å². The van der Waals surface area contributed by atoms with Gasteiger partial charge in [0.1, 0.15) is 0 Å². The second-order valence-corrected chi connectivity index (χ2v) is 7.64. The van der Waals surface area contributed by atoms with Gasteiger partial charge in [-0.2, -0.15) is 0 Å². The summed E-state index contributed by atoms with van der Waals surface area (Å²) >= 11 is 0. The average molecular weight is 385 g/mol. The van der Waals surface area contributed by atoms with E-state index in [1.54, 1.807) is 13.8 Å². The summed E-state index contributed by atoms with van der Waals surface area (Å²) in [6.07, 6.45) is 15.5. The summed E-state index contributed by atoms with van der Waals surface area (Å²) < 4.78 is 10.3. The SMILES string of the molecule is CCCCCCCCC(CCCCCCCC)C(=O)OC(C)C(=O)OCC. The van der Waals surface area contributed by atoms with E-state index in [0.717, 1.165) is 25.7 Å². The molecular weight excluding hydrogens is 340 g/mol. The van der Waals surface area contributed by atoms with Crippen LogP contribution < -0.4 is 0 Å². The maximum absolute atomic E-state index is 12.6. The molecule has 0 saturated heterocycles. The van der Waals surface area contributed by atoms with E-state index >= 15 is 0 Å². The molecule has 0 aromatic carbocycles. The third kappa shape index (κ3) is 14.6. The fraction of sp³-hybridized carbons (Fsp3) is 0.913. The Hall–Kier alpha value is -1.06. The molecule has 0 N–H and O–H groups in total. The number of carbonyl (C=O) groups is 2. The molecule has 0 bridgehead atoms. The quantitative estimate of drug-likeness (QED) is 0.197. The van der Waals surface area contributed by atoms with E-state index in [0.29, 0.717) is 6.61 Å². The molecule has 0 saturated carbocycles. The van der Waals surface area contributed by atoms with Gasteiger partial charge in [-0.15, -0.1) is 0 Å². The van der Waals surface area contributed by atoms with Crippen LogP contribution in [0.2, 0.25) is 0 Å². The minimum Gasteiger partial charge on any atom is -0.463 e. The van der Waals surface area contributed by atoms with Crippen molar-refractivity contribution in [3.63, 3.8) is 0 Å². The lowest BCUT2D eigenvalue weighted by atomic mass is 9.94. The molecular formula is C23H44O4. The molecule has 0 fully saturated rings. The lowest BCUT2D eigenvalue weighted by molar-refractivity contribution is -0.169. The summed E-state index contributed by atoms with van der Waals surface area (Å²) in [6.45, 7) is 8.10. The van der Waals surface area contributed by atoms with Crippen LogP contribution in [-0.4, -0.2) is 24.6 Å². The number of ether oxygens (including phenoxy) is 2. The molecule has 4 heteroatoms. The first-order valence-corrected chi connectivity index (χ1v) is 11.4. The van der Waals surface area contributed by atoms with Crippen LogP contribution in [0.3, 0.4) is 0 Å². The molecule has 0 radical (unpaired) electrons. The van der Waals surface area contributed by atoms with Crippen molar-refractivity contribution >= 4 is 11.9 Å². The number of hydrogen-bond donors (Lipinski definition) is 0. The smallest absolute Gasteiger partial charge is 0.347 e. The first kappa shape index (κ1) is 25.9. The van der Waals surface area contributed by atoms with E-state index in [1.807, 2.05) is 0 Å². The van der Waals surface area contributed by atoms with Gasteiger partial charge in [-0.25, -0.2) is 4.79 Å². The molecule has 1 atom stereocenters. The Morgan fingerprint density at radius 1 is 0.667 bits per heavy atom. The van der Waals surface area contributed by atoms with Crippen LogP contribution in [0.25, 0.3) is 0 Å². The van der Waals surface area contributed by atoms with Crippen molar-refractivity contribution in [3.8, 4) is 0 Å². The fourth-order valence-corrected chi connectivity index (χ4v) is 3.30. The Kier molecular flexibility index (Phi) is 17.6. The largest absolute Gasteiger partial charge is 0.463 e. The molecule has 0 aromatic rings. The first-order chi connectivity index (χ1) is 13.1.